The molecule has 1 unspecified atom stereocenters. The van der Waals surface area contributed by atoms with Crippen molar-refractivity contribution in [3.63, 3.8) is 0 Å². The van der Waals surface area contributed by atoms with Crippen LogP contribution in [0.25, 0.3) is 0 Å². The topological polar surface area (TPSA) is 18.5 Å². The van der Waals surface area contributed by atoms with Crippen molar-refractivity contribution in [3.8, 4) is 5.75 Å². The zero-order valence-electron chi connectivity index (χ0n) is 19.8. The van der Waals surface area contributed by atoms with Gasteiger partial charge < -0.3 is 26.4 Å². The number of hydrogen-bond acceptors (Lipinski definition) is 2. The highest BCUT2D eigenvalue weighted by atomic mass is 35.5. The Balaban J connectivity index is 0.00000480. The molecule has 0 saturated carbocycles. The number of nitrogens with zero attached hydrogens (tertiary/aromatic N) is 1. The summed E-state index contributed by atoms with van der Waals surface area (Å²) in [5, 5.41) is 0. The molecule has 0 heterocycles. The predicted molar refractivity (Wildman–Crippen MR) is 127 cm³/mol. The van der Waals surface area contributed by atoms with Crippen molar-refractivity contribution < 1.29 is 26.4 Å². The van der Waals surface area contributed by atoms with Gasteiger partial charge in [-0.05, 0) is 18.6 Å². The average molecular weight is 448 g/mol. The minimum atomic E-state index is 0. The van der Waals surface area contributed by atoms with Crippen molar-refractivity contribution in [2.45, 2.75) is 64.5 Å². The molecule has 2 rings (SSSR count). The number of rotatable bonds is 16. The van der Waals surface area contributed by atoms with E-state index < -0.39 is 0 Å². The quantitative estimate of drug-likeness (QED) is 0.290. The Morgan fingerprint density at radius 1 is 0.774 bits per heavy atom. The maximum absolute atomic E-state index is 6.10. The van der Waals surface area contributed by atoms with Crippen LogP contribution < -0.4 is 17.1 Å². The van der Waals surface area contributed by atoms with E-state index in [4.69, 9.17) is 9.47 Å². The van der Waals surface area contributed by atoms with Crippen LogP contribution in [0.15, 0.2) is 60.7 Å². The number of benzene rings is 2. The van der Waals surface area contributed by atoms with Gasteiger partial charge in [-0.25, -0.2) is 0 Å². The number of halogens is 1. The van der Waals surface area contributed by atoms with Crippen LogP contribution in [0.3, 0.4) is 0 Å². The van der Waals surface area contributed by atoms with Crippen LogP contribution in [0.1, 0.15) is 57.4 Å². The first-order valence-electron chi connectivity index (χ1n) is 11.7. The summed E-state index contributed by atoms with van der Waals surface area (Å²) in [5.41, 5.74) is 1.39. The smallest absolute Gasteiger partial charge is 0.119 e. The Morgan fingerprint density at radius 2 is 1.39 bits per heavy atom. The number of ether oxygens (including phenoxy) is 2. The van der Waals surface area contributed by atoms with Crippen LogP contribution in [0, 0.1) is 0 Å². The first kappa shape index (κ1) is 27.5. The molecule has 0 N–H and O–H groups in total. The lowest BCUT2D eigenvalue weighted by Gasteiger charge is -2.38. The van der Waals surface area contributed by atoms with Crippen molar-refractivity contribution >= 4 is 0 Å². The summed E-state index contributed by atoms with van der Waals surface area (Å²) in [6.45, 7) is 5.32. The minimum Gasteiger partial charge on any atom is -1.00 e. The molecule has 31 heavy (non-hydrogen) atoms. The van der Waals surface area contributed by atoms with Gasteiger partial charge in [0.2, 0.25) is 0 Å². The molecule has 0 bridgehead atoms. The molecule has 0 aromatic heterocycles. The number of para-hydroxylation sites is 1. The summed E-state index contributed by atoms with van der Waals surface area (Å²) in [6.07, 6.45) is 9.24. The van der Waals surface area contributed by atoms with Gasteiger partial charge in [0.25, 0.3) is 0 Å². The first-order valence-corrected chi connectivity index (χ1v) is 11.7. The molecule has 0 radical (unpaired) electrons. The molecule has 3 nitrogen and oxygen atoms in total. The molecule has 174 valence electrons. The van der Waals surface area contributed by atoms with Gasteiger partial charge in [0, 0.05) is 12.0 Å². The highest BCUT2D eigenvalue weighted by molar-refractivity contribution is 5.20. The van der Waals surface area contributed by atoms with Crippen LogP contribution in [0.2, 0.25) is 0 Å². The average Bonchev–Trinajstić information content (AvgIpc) is 2.75. The third-order valence-electron chi connectivity index (χ3n) is 5.86. The summed E-state index contributed by atoms with van der Waals surface area (Å²) < 4.78 is 12.8. The minimum absolute atomic E-state index is 0. The Hall–Kier alpha value is -1.55. The van der Waals surface area contributed by atoms with Gasteiger partial charge in [-0.2, -0.15) is 0 Å². The lowest BCUT2D eigenvalue weighted by molar-refractivity contribution is -0.928. The fourth-order valence-corrected chi connectivity index (χ4v) is 3.93. The van der Waals surface area contributed by atoms with E-state index in [0.29, 0.717) is 19.3 Å². The molecular weight excluding hydrogens is 406 g/mol. The summed E-state index contributed by atoms with van der Waals surface area (Å²) in [7, 11) is 4.69. The van der Waals surface area contributed by atoms with Gasteiger partial charge in [0.05, 0.1) is 27.3 Å². The highest BCUT2D eigenvalue weighted by Crippen LogP contribution is 2.20. The van der Waals surface area contributed by atoms with Crippen molar-refractivity contribution in [2.75, 3.05) is 33.9 Å². The zero-order valence-corrected chi connectivity index (χ0v) is 20.5. The summed E-state index contributed by atoms with van der Waals surface area (Å²) in [4.78, 5) is 0. The second kappa shape index (κ2) is 16.1. The third kappa shape index (κ3) is 11.6. The van der Waals surface area contributed by atoms with E-state index >= 15 is 0 Å². The summed E-state index contributed by atoms with van der Waals surface area (Å²) in [6, 6.07) is 21.3. The van der Waals surface area contributed by atoms with Gasteiger partial charge in [0.1, 0.15) is 24.9 Å². The van der Waals surface area contributed by atoms with Gasteiger partial charge >= 0.3 is 0 Å². The molecule has 0 aliphatic carbocycles. The van der Waals surface area contributed by atoms with Crippen LogP contribution in [0.4, 0.5) is 0 Å². The molecular formula is C27H42ClNO2. The standard InChI is InChI=1S/C27H42NO2.ClH/c1-4-5-6-7-8-13-18-26(28(2,3)23-25-16-11-9-12-17-25)24-29-21-22-30-27-19-14-10-15-20-27;/h9-12,14-17,19-20,26H,4-8,13,18,21-24H2,1-3H3;1H/q+1;/p-1. The van der Waals surface area contributed by atoms with Crippen molar-refractivity contribution in [3.05, 3.63) is 66.2 Å². The third-order valence-corrected chi connectivity index (χ3v) is 5.86. The highest BCUT2D eigenvalue weighted by Gasteiger charge is 2.28. The van der Waals surface area contributed by atoms with Crippen molar-refractivity contribution in [1.29, 1.82) is 0 Å². The fourth-order valence-electron chi connectivity index (χ4n) is 3.93. The lowest BCUT2D eigenvalue weighted by Crippen LogP contribution is -3.00. The van der Waals surface area contributed by atoms with Crippen LogP contribution in [0.5, 0.6) is 5.75 Å². The first-order chi connectivity index (χ1) is 14.6. The van der Waals surface area contributed by atoms with E-state index in [0.717, 1.165) is 23.4 Å². The van der Waals surface area contributed by atoms with Crippen molar-refractivity contribution in [1.82, 2.24) is 0 Å². The van der Waals surface area contributed by atoms with E-state index in [1.165, 1.54) is 50.5 Å². The summed E-state index contributed by atoms with van der Waals surface area (Å²) >= 11 is 0. The molecule has 0 fully saturated rings. The molecule has 2 aromatic rings. The Kier molecular flexibility index (Phi) is 14.3. The Labute approximate surface area is 196 Å². The zero-order chi connectivity index (χ0) is 21.5. The van der Waals surface area contributed by atoms with Gasteiger partial charge in [-0.15, -0.1) is 0 Å². The predicted octanol–water partition coefficient (Wildman–Crippen LogP) is 3.48. The van der Waals surface area contributed by atoms with E-state index in [9.17, 15) is 0 Å². The second-order valence-corrected chi connectivity index (χ2v) is 8.87. The van der Waals surface area contributed by atoms with Gasteiger partial charge in [-0.3, -0.25) is 0 Å². The molecule has 0 amide bonds. The molecule has 0 aliphatic rings. The van der Waals surface area contributed by atoms with E-state index in [-0.39, 0.29) is 12.4 Å². The molecule has 4 heteroatoms. The van der Waals surface area contributed by atoms with Crippen molar-refractivity contribution in [2.24, 2.45) is 0 Å². The summed E-state index contributed by atoms with van der Waals surface area (Å²) in [5.74, 6) is 0.907. The maximum atomic E-state index is 6.10. The molecule has 2 aromatic carbocycles. The van der Waals surface area contributed by atoms with E-state index in [2.05, 4.69) is 51.4 Å². The number of quaternary nitrogens is 1. The number of unbranched alkanes of at least 4 members (excludes halogenated alkanes) is 5. The SMILES string of the molecule is CCCCCCCCC(COCCOc1ccccc1)[N+](C)(C)Cc1ccccc1.[Cl-]. The van der Waals surface area contributed by atoms with E-state index in [1.54, 1.807) is 0 Å². The lowest BCUT2D eigenvalue weighted by atomic mass is 10.0. The second-order valence-electron chi connectivity index (χ2n) is 8.87. The van der Waals surface area contributed by atoms with Gasteiger partial charge in [0.15, 0.2) is 0 Å². The van der Waals surface area contributed by atoms with Crippen LogP contribution in [-0.2, 0) is 11.3 Å². The van der Waals surface area contributed by atoms with Crippen LogP contribution in [-0.4, -0.2) is 44.4 Å². The Bertz CT molecular complexity index is 663. The number of likely N-dealkylation sites (N-methyl/N-ethyl adjacent to an activating group) is 1. The Morgan fingerprint density at radius 3 is 2.06 bits per heavy atom. The largest absolute Gasteiger partial charge is 1.00 e. The fraction of sp³-hybridized carbons (Fsp3) is 0.556. The molecule has 0 saturated heterocycles. The van der Waals surface area contributed by atoms with E-state index in [1.807, 2.05) is 30.3 Å². The molecule has 0 aliphatic heterocycles. The molecule has 1 atom stereocenters. The monoisotopic (exact) mass is 447 g/mol. The molecule has 0 spiro atoms. The van der Waals surface area contributed by atoms with Gasteiger partial charge in [-0.1, -0.05) is 87.6 Å². The maximum Gasteiger partial charge on any atom is 0.119 e. The number of hydrogen-bond donors (Lipinski definition) is 0. The normalized spacial score (nSPS) is 12.2. The van der Waals surface area contributed by atoms with Crippen LogP contribution >= 0.6 is 0 Å².